The summed E-state index contributed by atoms with van der Waals surface area (Å²) >= 11 is 3.59. The van der Waals surface area contributed by atoms with E-state index in [9.17, 15) is 4.79 Å². The molecule has 116 valence electrons. The lowest BCUT2D eigenvalue weighted by Gasteiger charge is -2.18. The fourth-order valence-electron chi connectivity index (χ4n) is 4.13. The van der Waals surface area contributed by atoms with Gasteiger partial charge < -0.3 is 15.6 Å². The smallest absolute Gasteiger partial charge is 0.227 e. The molecule has 1 aliphatic heterocycles. The highest BCUT2D eigenvalue weighted by Gasteiger charge is 2.42. The summed E-state index contributed by atoms with van der Waals surface area (Å²) in [4.78, 5) is 17.9. The van der Waals surface area contributed by atoms with Crippen molar-refractivity contribution in [3.63, 3.8) is 0 Å². The van der Waals surface area contributed by atoms with Crippen molar-refractivity contribution in [1.29, 1.82) is 0 Å². The number of H-pyrrole nitrogens is 1. The predicted molar refractivity (Wildman–Crippen MR) is 90.5 cm³/mol. The van der Waals surface area contributed by atoms with Crippen molar-refractivity contribution in [2.24, 2.45) is 17.6 Å². The summed E-state index contributed by atoms with van der Waals surface area (Å²) in [5.74, 6) is 1.35. The minimum absolute atomic E-state index is 0.221. The molecule has 5 heteroatoms. The highest BCUT2D eigenvalue weighted by atomic mass is 79.9. The number of aromatic nitrogens is 1. The van der Waals surface area contributed by atoms with Crippen LogP contribution in [0.5, 0.6) is 0 Å². The second-order valence-corrected chi connectivity index (χ2v) is 7.47. The molecular formula is C17H20BrN3O. The molecule has 1 saturated heterocycles. The minimum Gasteiger partial charge on any atom is -0.361 e. The first-order chi connectivity index (χ1) is 10.6. The normalized spacial score (nSPS) is 27.5. The molecule has 2 fully saturated rings. The Hall–Kier alpha value is -1.33. The van der Waals surface area contributed by atoms with Gasteiger partial charge in [-0.3, -0.25) is 4.79 Å². The molecule has 1 aromatic carbocycles. The van der Waals surface area contributed by atoms with E-state index in [4.69, 9.17) is 5.73 Å². The molecule has 2 heterocycles. The largest absolute Gasteiger partial charge is 0.361 e. The van der Waals surface area contributed by atoms with E-state index in [0.717, 1.165) is 40.4 Å². The number of rotatable bonds is 2. The molecule has 2 aliphatic rings. The van der Waals surface area contributed by atoms with Gasteiger partial charge in [0.2, 0.25) is 5.91 Å². The van der Waals surface area contributed by atoms with Crippen LogP contribution in [-0.4, -0.2) is 34.9 Å². The molecule has 0 spiro atoms. The van der Waals surface area contributed by atoms with Crippen LogP contribution in [0.3, 0.4) is 0 Å². The molecule has 1 amide bonds. The van der Waals surface area contributed by atoms with E-state index in [0.29, 0.717) is 18.3 Å². The molecule has 22 heavy (non-hydrogen) atoms. The van der Waals surface area contributed by atoms with Crippen LogP contribution in [0, 0.1) is 11.8 Å². The number of carbonyl (C=O) groups is 1. The van der Waals surface area contributed by atoms with Gasteiger partial charge in [-0.1, -0.05) is 22.0 Å². The number of hydrogen-bond donors (Lipinski definition) is 2. The van der Waals surface area contributed by atoms with Crippen molar-refractivity contribution in [2.75, 3.05) is 13.1 Å². The van der Waals surface area contributed by atoms with Crippen molar-refractivity contribution < 1.29 is 4.79 Å². The van der Waals surface area contributed by atoms with Gasteiger partial charge in [-0.05, 0) is 42.4 Å². The Balaban J connectivity index is 1.52. The second-order valence-electron chi connectivity index (χ2n) is 6.62. The fraction of sp³-hybridized carbons (Fsp3) is 0.471. The van der Waals surface area contributed by atoms with E-state index in [2.05, 4.69) is 20.9 Å². The fourth-order valence-corrected chi connectivity index (χ4v) is 4.75. The summed E-state index contributed by atoms with van der Waals surface area (Å²) in [7, 11) is 0. The zero-order chi connectivity index (χ0) is 15.3. The highest BCUT2D eigenvalue weighted by molar-refractivity contribution is 9.10. The van der Waals surface area contributed by atoms with Crippen molar-refractivity contribution >= 4 is 32.7 Å². The Kier molecular flexibility index (Phi) is 3.50. The number of aromatic amines is 1. The van der Waals surface area contributed by atoms with E-state index in [1.54, 1.807) is 0 Å². The van der Waals surface area contributed by atoms with E-state index < -0.39 is 0 Å². The van der Waals surface area contributed by atoms with E-state index >= 15 is 0 Å². The third kappa shape index (κ3) is 2.27. The van der Waals surface area contributed by atoms with Gasteiger partial charge in [0.25, 0.3) is 0 Å². The summed E-state index contributed by atoms with van der Waals surface area (Å²) in [5.41, 5.74) is 8.29. The Labute approximate surface area is 138 Å². The average Bonchev–Trinajstić information content (AvgIpc) is 3.16. The molecule has 4 nitrogen and oxygen atoms in total. The van der Waals surface area contributed by atoms with Crippen LogP contribution in [0.4, 0.5) is 0 Å². The zero-order valence-electron chi connectivity index (χ0n) is 12.4. The molecule has 1 aliphatic carbocycles. The average molecular weight is 362 g/mol. The lowest BCUT2D eigenvalue weighted by atomic mass is 9.98. The van der Waals surface area contributed by atoms with Crippen LogP contribution in [0.2, 0.25) is 0 Å². The van der Waals surface area contributed by atoms with Crippen molar-refractivity contribution in [3.05, 3.63) is 34.4 Å². The van der Waals surface area contributed by atoms with E-state index in [1.165, 1.54) is 6.42 Å². The summed E-state index contributed by atoms with van der Waals surface area (Å²) in [6.45, 7) is 1.73. The van der Waals surface area contributed by atoms with Gasteiger partial charge in [0, 0.05) is 40.7 Å². The van der Waals surface area contributed by atoms with Gasteiger partial charge in [0.1, 0.15) is 0 Å². The van der Waals surface area contributed by atoms with Crippen LogP contribution < -0.4 is 5.73 Å². The Bertz CT molecular complexity index is 726. The first kappa shape index (κ1) is 14.3. The predicted octanol–water partition coefficient (Wildman–Crippen LogP) is 2.67. The SMILES string of the molecule is NC1CCC2CN(C(=O)Cc3c[nH]c4cccc(Br)c34)CC12. The number of fused-ring (bicyclic) bond motifs is 2. The van der Waals surface area contributed by atoms with Crippen molar-refractivity contribution in [3.8, 4) is 0 Å². The third-order valence-corrected chi connectivity index (χ3v) is 6.00. The maximum Gasteiger partial charge on any atom is 0.227 e. The number of nitrogens with two attached hydrogens (primary N) is 1. The van der Waals surface area contributed by atoms with Crippen LogP contribution in [0.25, 0.3) is 10.9 Å². The van der Waals surface area contributed by atoms with Gasteiger partial charge >= 0.3 is 0 Å². The Morgan fingerprint density at radius 1 is 1.36 bits per heavy atom. The zero-order valence-corrected chi connectivity index (χ0v) is 14.0. The number of likely N-dealkylation sites (tertiary alicyclic amines) is 1. The molecule has 1 saturated carbocycles. The van der Waals surface area contributed by atoms with Crippen LogP contribution >= 0.6 is 15.9 Å². The molecule has 0 radical (unpaired) electrons. The number of hydrogen-bond acceptors (Lipinski definition) is 2. The number of carbonyl (C=O) groups excluding carboxylic acids is 1. The standard InChI is InChI=1S/C17H20BrN3O/c18-13-2-1-3-15-17(13)11(7-20-15)6-16(22)21-8-10-4-5-14(19)12(10)9-21/h1-3,7,10,12,14,20H,4-6,8-9,19H2. The maximum absolute atomic E-state index is 12.7. The Morgan fingerprint density at radius 2 is 2.23 bits per heavy atom. The molecule has 0 bridgehead atoms. The van der Waals surface area contributed by atoms with Crippen molar-refractivity contribution in [1.82, 2.24) is 9.88 Å². The molecule has 3 unspecified atom stereocenters. The summed E-state index contributed by atoms with van der Waals surface area (Å²) in [5, 5.41) is 1.12. The number of nitrogens with zero attached hydrogens (tertiary/aromatic N) is 1. The van der Waals surface area contributed by atoms with Crippen LogP contribution in [-0.2, 0) is 11.2 Å². The molecule has 3 N–H and O–H groups in total. The van der Waals surface area contributed by atoms with E-state index in [1.807, 2.05) is 29.3 Å². The number of nitrogens with one attached hydrogen (secondary N) is 1. The van der Waals surface area contributed by atoms with Gasteiger partial charge in [-0.2, -0.15) is 0 Å². The monoisotopic (exact) mass is 361 g/mol. The first-order valence-electron chi connectivity index (χ1n) is 7.91. The number of halogens is 1. The van der Waals surface area contributed by atoms with E-state index in [-0.39, 0.29) is 11.9 Å². The van der Waals surface area contributed by atoms with Gasteiger partial charge in [-0.15, -0.1) is 0 Å². The summed E-state index contributed by atoms with van der Waals surface area (Å²) < 4.78 is 1.04. The number of amides is 1. The van der Waals surface area contributed by atoms with Gasteiger partial charge in [-0.25, -0.2) is 0 Å². The quantitative estimate of drug-likeness (QED) is 0.863. The summed E-state index contributed by atoms with van der Waals surface area (Å²) in [6.07, 6.45) is 4.70. The lowest BCUT2D eigenvalue weighted by molar-refractivity contribution is -0.129. The van der Waals surface area contributed by atoms with Crippen LogP contribution in [0.15, 0.2) is 28.9 Å². The Morgan fingerprint density at radius 3 is 3.05 bits per heavy atom. The molecule has 4 rings (SSSR count). The maximum atomic E-state index is 12.7. The van der Waals surface area contributed by atoms with Crippen LogP contribution in [0.1, 0.15) is 18.4 Å². The molecule has 2 aromatic rings. The minimum atomic E-state index is 0.221. The molecular weight excluding hydrogens is 342 g/mol. The topological polar surface area (TPSA) is 62.1 Å². The molecule has 1 aromatic heterocycles. The second kappa shape index (κ2) is 5.39. The van der Waals surface area contributed by atoms with Gasteiger partial charge in [0.15, 0.2) is 0 Å². The lowest BCUT2D eigenvalue weighted by Crippen LogP contribution is -2.34. The third-order valence-electron chi connectivity index (χ3n) is 5.34. The number of benzene rings is 1. The first-order valence-corrected chi connectivity index (χ1v) is 8.70. The summed E-state index contributed by atoms with van der Waals surface area (Å²) in [6, 6.07) is 6.33. The molecule has 3 atom stereocenters. The van der Waals surface area contributed by atoms with Gasteiger partial charge in [0.05, 0.1) is 6.42 Å². The van der Waals surface area contributed by atoms with Crippen molar-refractivity contribution in [2.45, 2.75) is 25.3 Å². The highest BCUT2D eigenvalue weighted by Crippen LogP contribution is 2.37.